The average molecular weight is 256 g/mol. The first-order valence-corrected chi connectivity index (χ1v) is 6.55. The molecule has 0 bridgehead atoms. The van der Waals surface area contributed by atoms with E-state index >= 15 is 0 Å². The summed E-state index contributed by atoms with van der Waals surface area (Å²) in [6.45, 7) is 8.89. The van der Waals surface area contributed by atoms with Crippen LogP contribution in [-0.2, 0) is 14.3 Å². The smallest absolute Gasteiger partial charge is 0.246 e. The number of amides is 1. The van der Waals surface area contributed by atoms with E-state index in [1.807, 2.05) is 24.8 Å². The Kier molecular flexibility index (Phi) is 7.64. The van der Waals surface area contributed by atoms with Crippen molar-refractivity contribution in [3.63, 3.8) is 0 Å². The number of hydrogen-bond acceptors (Lipinski definition) is 4. The molecule has 0 atom stereocenters. The molecule has 5 nitrogen and oxygen atoms in total. The van der Waals surface area contributed by atoms with Crippen LogP contribution in [-0.4, -0.2) is 62.9 Å². The van der Waals surface area contributed by atoms with E-state index in [2.05, 4.69) is 5.32 Å². The number of nitrogens with zero attached hydrogens (tertiary/aromatic N) is 1. The molecule has 0 radical (unpaired) electrons. The fraction of sp³-hybridized carbons (Fsp3) is 0.769. The van der Waals surface area contributed by atoms with Gasteiger partial charge in [0.2, 0.25) is 5.91 Å². The normalized spacial score (nSPS) is 16.7. The molecule has 1 fully saturated rings. The van der Waals surface area contributed by atoms with Gasteiger partial charge in [-0.25, -0.2) is 0 Å². The molecular weight excluding hydrogens is 232 g/mol. The Hall–Kier alpha value is -0.910. The summed E-state index contributed by atoms with van der Waals surface area (Å²) in [4.78, 5) is 13.5. The standard InChI is InChI=1S/C13H24N2O3/c1-12(2)18-9-6-14-5-3-4-13(16)15-7-10-17-11-8-15/h3-4,12,14H,5-11H2,1-2H3/b4-3+. The van der Waals surface area contributed by atoms with Gasteiger partial charge in [0.1, 0.15) is 0 Å². The van der Waals surface area contributed by atoms with E-state index in [1.165, 1.54) is 0 Å². The Morgan fingerprint density at radius 3 is 2.83 bits per heavy atom. The molecule has 0 aromatic heterocycles. The van der Waals surface area contributed by atoms with Gasteiger partial charge in [-0.3, -0.25) is 4.79 Å². The maximum atomic E-state index is 11.7. The third kappa shape index (κ3) is 6.74. The van der Waals surface area contributed by atoms with Crippen molar-refractivity contribution in [3.8, 4) is 0 Å². The Morgan fingerprint density at radius 2 is 2.17 bits per heavy atom. The Labute approximate surface area is 109 Å². The molecule has 1 N–H and O–H groups in total. The molecule has 0 aliphatic carbocycles. The second kappa shape index (κ2) is 9.08. The molecule has 1 rings (SSSR count). The highest BCUT2D eigenvalue weighted by Crippen LogP contribution is 1.97. The summed E-state index contributed by atoms with van der Waals surface area (Å²) in [7, 11) is 0. The van der Waals surface area contributed by atoms with Crippen LogP contribution in [0, 0.1) is 0 Å². The highest BCUT2D eigenvalue weighted by Gasteiger charge is 2.13. The SMILES string of the molecule is CC(C)OCCNC/C=C/C(=O)N1CCOCC1. The molecule has 1 amide bonds. The lowest BCUT2D eigenvalue weighted by atomic mass is 10.3. The van der Waals surface area contributed by atoms with E-state index in [0.29, 0.717) is 39.5 Å². The molecule has 5 heteroatoms. The van der Waals surface area contributed by atoms with Crippen molar-refractivity contribution in [2.24, 2.45) is 0 Å². The summed E-state index contributed by atoms with van der Waals surface area (Å²) in [6.07, 6.45) is 3.75. The molecule has 0 aromatic carbocycles. The molecule has 1 heterocycles. The second-order valence-electron chi connectivity index (χ2n) is 4.46. The van der Waals surface area contributed by atoms with Crippen molar-refractivity contribution in [2.45, 2.75) is 20.0 Å². The number of morpholine rings is 1. The number of carbonyl (C=O) groups excluding carboxylic acids is 1. The molecule has 1 aliphatic heterocycles. The van der Waals surface area contributed by atoms with E-state index in [1.54, 1.807) is 6.08 Å². The van der Waals surface area contributed by atoms with Crippen LogP contribution in [0.2, 0.25) is 0 Å². The van der Waals surface area contributed by atoms with Gasteiger partial charge >= 0.3 is 0 Å². The van der Waals surface area contributed by atoms with Crippen LogP contribution >= 0.6 is 0 Å². The fourth-order valence-corrected chi connectivity index (χ4v) is 1.60. The quantitative estimate of drug-likeness (QED) is 0.530. The Morgan fingerprint density at radius 1 is 1.44 bits per heavy atom. The minimum absolute atomic E-state index is 0.0681. The highest BCUT2D eigenvalue weighted by atomic mass is 16.5. The van der Waals surface area contributed by atoms with E-state index in [-0.39, 0.29) is 12.0 Å². The molecule has 18 heavy (non-hydrogen) atoms. The van der Waals surface area contributed by atoms with Crippen molar-refractivity contribution >= 4 is 5.91 Å². The third-order valence-electron chi connectivity index (χ3n) is 2.58. The predicted octanol–water partition coefficient (Wildman–Crippen LogP) is 0.416. The minimum atomic E-state index is 0.0681. The number of hydrogen-bond donors (Lipinski definition) is 1. The molecular formula is C13H24N2O3. The van der Waals surface area contributed by atoms with Crippen LogP contribution in [0.5, 0.6) is 0 Å². The van der Waals surface area contributed by atoms with Gasteiger partial charge in [-0.1, -0.05) is 6.08 Å². The van der Waals surface area contributed by atoms with Gasteiger partial charge in [0.05, 0.1) is 25.9 Å². The molecule has 0 unspecified atom stereocenters. The first-order chi connectivity index (χ1) is 8.70. The molecule has 0 aromatic rings. The summed E-state index contributed by atoms with van der Waals surface area (Å²) in [6, 6.07) is 0. The molecule has 0 saturated carbocycles. The van der Waals surface area contributed by atoms with Crippen LogP contribution in [0.25, 0.3) is 0 Å². The third-order valence-corrected chi connectivity index (χ3v) is 2.58. The zero-order valence-electron chi connectivity index (χ0n) is 11.4. The van der Waals surface area contributed by atoms with Crippen LogP contribution in [0.15, 0.2) is 12.2 Å². The lowest BCUT2D eigenvalue weighted by Crippen LogP contribution is -2.39. The van der Waals surface area contributed by atoms with Crippen molar-refractivity contribution in [3.05, 3.63) is 12.2 Å². The number of rotatable bonds is 7. The van der Waals surface area contributed by atoms with Crippen molar-refractivity contribution in [1.29, 1.82) is 0 Å². The molecule has 1 aliphatic rings. The topological polar surface area (TPSA) is 50.8 Å². The molecule has 1 saturated heterocycles. The number of nitrogens with one attached hydrogen (secondary N) is 1. The van der Waals surface area contributed by atoms with Crippen LogP contribution in [0.4, 0.5) is 0 Å². The van der Waals surface area contributed by atoms with Gasteiger partial charge in [0, 0.05) is 32.3 Å². The second-order valence-corrected chi connectivity index (χ2v) is 4.46. The minimum Gasteiger partial charge on any atom is -0.378 e. The lowest BCUT2D eigenvalue weighted by molar-refractivity contribution is -0.129. The van der Waals surface area contributed by atoms with Crippen LogP contribution < -0.4 is 5.32 Å². The largest absolute Gasteiger partial charge is 0.378 e. The summed E-state index contributed by atoms with van der Waals surface area (Å²) >= 11 is 0. The van der Waals surface area contributed by atoms with E-state index in [0.717, 1.165) is 6.54 Å². The highest BCUT2D eigenvalue weighted by molar-refractivity contribution is 5.87. The summed E-state index contributed by atoms with van der Waals surface area (Å²) in [5.74, 6) is 0.0681. The molecule has 0 spiro atoms. The Balaban J connectivity index is 2.03. The van der Waals surface area contributed by atoms with Crippen molar-refractivity contribution in [2.75, 3.05) is 46.0 Å². The summed E-state index contributed by atoms with van der Waals surface area (Å²) in [5.41, 5.74) is 0. The van der Waals surface area contributed by atoms with Gasteiger partial charge in [0.25, 0.3) is 0 Å². The van der Waals surface area contributed by atoms with Crippen LogP contribution in [0.3, 0.4) is 0 Å². The fourth-order valence-electron chi connectivity index (χ4n) is 1.60. The maximum Gasteiger partial charge on any atom is 0.246 e. The van der Waals surface area contributed by atoms with E-state index in [9.17, 15) is 4.79 Å². The van der Waals surface area contributed by atoms with Gasteiger partial charge in [0.15, 0.2) is 0 Å². The monoisotopic (exact) mass is 256 g/mol. The Bertz CT molecular complexity index is 261. The van der Waals surface area contributed by atoms with Gasteiger partial charge in [-0.05, 0) is 13.8 Å². The number of carbonyl (C=O) groups is 1. The van der Waals surface area contributed by atoms with Gasteiger partial charge in [-0.15, -0.1) is 0 Å². The lowest BCUT2D eigenvalue weighted by Gasteiger charge is -2.25. The first-order valence-electron chi connectivity index (χ1n) is 6.55. The average Bonchev–Trinajstić information content (AvgIpc) is 2.38. The summed E-state index contributed by atoms with van der Waals surface area (Å²) in [5, 5.41) is 3.19. The van der Waals surface area contributed by atoms with Crippen molar-refractivity contribution in [1.82, 2.24) is 10.2 Å². The van der Waals surface area contributed by atoms with Crippen LogP contribution in [0.1, 0.15) is 13.8 Å². The van der Waals surface area contributed by atoms with E-state index < -0.39 is 0 Å². The first kappa shape index (κ1) is 15.1. The number of ether oxygens (including phenoxy) is 2. The van der Waals surface area contributed by atoms with Crippen molar-refractivity contribution < 1.29 is 14.3 Å². The predicted molar refractivity (Wildman–Crippen MR) is 70.5 cm³/mol. The summed E-state index contributed by atoms with van der Waals surface area (Å²) < 4.78 is 10.6. The zero-order valence-corrected chi connectivity index (χ0v) is 11.4. The molecule has 104 valence electrons. The van der Waals surface area contributed by atoms with Gasteiger partial charge in [-0.2, -0.15) is 0 Å². The maximum absolute atomic E-state index is 11.7. The zero-order chi connectivity index (χ0) is 13.2. The van der Waals surface area contributed by atoms with E-state index in [4.69, 9.17) is 9.47 Å². The van der Waals surface area contributed by atoms with Gasteiger partial charge < -0.3 is 19.7 Å².